The first kappa shape index (κ1) is 19.2. The molecule has 27 heavy (non-hydrogen) atoms. The number of para-hydroxylation sites is 1. The van der Waals surface area contributed by atoms with Gasteiger partial charge < -0.3 is 4.90 Å². The molecule has 140 valence electrons. The van der Waals surface area contributed by atoms with Gasteiger partial charge in [0.05, 0.1) is 10.9 Å². The molecule has 1 aromatic heterocycles. The number of thioether (sulfide) groups is 1. The van der Waals surface area contributed by atoms with Crippen molar-refractivity contribution in [3.05, 3.63) is 70.3 Å². The van der Waals surface area contributed by atoms with Gasteiger partial charge in [0, 0.05) is 18.5 Å². The standard InChI is InChI=1S/C21H23N3O2S/c1-14(20(25)23(3)13-16-9-11-17(27-4)12-10-16)24-15(2)22-19-8-6-5-7-18(19)21(24)26/h5-12,14H,13H2,1-4H3/t14-/m0/s1. The van der Waals surface area contributed by atoms with Crippen molar-refractivity contribution >= 4 is 28.6 Å². The van der Waals surface area contributed by atoms with E-state index < -0.39 is 6.04 Å². The topological polar surface area (TPSA) is 55.2 Å². The van der Waals surface area contributed by atoms with E-state index in [1.165, 1.54) is 9.46 Å². The summed E-state index contributed by atoms with van der Waals surface area (Å²) < 4.78 is 1.48. The lowest BCUT2D eigenvalue weighted by Gasteiger charge is -2.24. The van der Waals surface area contributed by atoms with E-state index in [0.29, 0.717) is 23.3 Å². The molecule has 2 aromatic carbocycles. The normalized spacial score (nSPS) is 12.1. The first-order valence-electron chi connectivity index (χ1n) is 8.78. The van der Waals surface area contributed by atoms with Gasteiger partial charge in [-0.15, -0.1) is 11.8 Å². The van der Waals surface area contributed by atoms with Crippen molar-refractivity contribution in [1.82, 2.24) is 14.5 Å². The Labute approximate surface area is 163 Å². The number of rotatable bonds is 5. The fourth-order valence-corrected chi connectivity index (χ4v) is 3.63. The third kappa shape index (κ3) is 3.90. The Morgan fingerprint density at radius 1 is 1.19 bits per heavy atom. The second-order valence-electron chi connectivity index (χ2n) is 6.57. The van der Waals surface area contributed by atoms with Crippen LogP contribution in [0.5, 0.6) is 0 Å². The zero-order chi connectivity index (χ0) is 19.6. The van der Waals surface area contributed by atoms with E-state index in [1.54, 1.807) is 43.6 Å². The van der Waals surface area contributed by atoms with Gasteiger partial charge in [-0.3, -0.25) is 14.2 Å². The molecule has 5 nitrogen and oxygen atoms in total. The smallest absolute Gasteiger partial charge is 0.262 e. The highest BCUT2D eigenvalue weighted by atomic mass is 32.2. The minimum absolute atomic E-state index is 0.119. The van der Waals surface area contributed by atoms with Crippen LogP contribution < -0.4 is 5.56 Å². The van der Waals surface area contributed by atoms with Crippen molar-refractivity contribution in [2.75, 3.05) is 13.3 Å². The number of nitrogens with zero attached hydrogens (tertiary/aromatic N) is 3. The predicted molar refractivity (Wildman–Crippen MR) is 110 cm³/mol. The molecule has 0 aliphatic heterocycles. The van der Waals surface area contributed by atoms with Crippen LogP contribution in [0.2, 0.25) is 0 Å². The maximum absolute atomic E-state index is 12.9. The lowest BCUT2D eigenvalue weighted by Crippen LogP contribution is -2.38. The Kier molecular flexibility index (Phi) is 5.65. The molecule has 1 amide bonds. The highest BCUT2D eigenvalue weighted by molar-refractivity contribution is 7.98. The third-order valence-corrected chi connectivity index (χ3v) is 5.43. The van der Waals surface area contributed by atoms with E-state index in [9.17, 15) is 9.59 Å². The number of amides is 1. The van der Waals surface area contributed by atoms with Crippen LogP contribution in [0.15, 0.2) is 58.2 Å². The second-order valence-corrected chi connectivity index (χ2v) is 7.45. The number of likely N-dealkylation sites (N-methyl/N-ethyl adjacent to an activating group) is 1. The summed E-state index contributed by atoms with van der Waals surface area (Å²) in [6.07, 6.45) is 2.03. The second kappa shape index (κ2) is 7.96. The fraction of sp³-hybridized carbons (Fsp3) is 0.286. The largest absolute Gasteiger partial charge is 0.340 e. The number of fused-ring (bicyclic) bond motifs is 1. The van der Waals surface area contributed by atoms with Crippen LogP contribution in [0.25, 0.3) is 10.9 Å². The number of carbonyl (C=O) groups excluding carboxylic acids is 1. The predicted octanol–water partition coefficient (Wildman–Crippen LogP) is 3.65. The molecule has 6 heteroatoms. The molecule has 0 N–H and O–H groups in total. The van der Waals surface area contributed by atoms with Crippen molar-refractivity contribution in [2.45, 2.75) is 31.3 Å². The van der Waals surface area contributed by atoms with Gasteiger partial charge in [-0.1, -0.05) is 24.3 Å². The molecule has 0 saturated heterocycles. The summed E-state index contributed by atoms with van der Waals surface area (Å²) >= 11 is 1.68. The van der Waals surface area contributed by atoms with Crippen LogP contribution in [0.4, 0.5) is 0 Å². The molecule has 3 rings (SSSR count). The van der Waals surface area contributed by atoms with Gasteiger partial charge in [0.25, 0.3) is 5.56 Å². The van der Waals surface area contributed by atoms with Crippen LogP contribution in [-0.4, -0.2) is 33.7 Å². The molecular weight excluding hydrogens is 358 g/mol. The zero-order valence-electron chi connectivity index (χ0n) is 16.0. The summed E-state index contributed by atoms with van der Waals surface area (Å²) in [6, 6.07) is 14.7. The average Bonchev–Trinajstić information content (AvgIpc) is 2.67. The van der Waals surface area contributed by atoms with Gasteiger partial charge in [0.15, 0.2) is 0 Å². The summed E-state index contributed by atoms with van der Waals surface area (Å²) in [5.74, 6) is 0.420. The van der Waals surface area contributed by atoms with Crippen LogP contribution in [-0.2, 0) is 11.3 Å². The van der Waals surface area contributed by atoms with Crippen LogP contribution in [0, 0.1) is 6.92 Å². The maximum Gasteiger partial charge on any atom is 0.262 e. The number of hydrogen-bond acceptors (Lipinski definition) is 4. The lowest BCUT2D eigenvalue weighted by molar-refractivity contribution is -0.133. The highest BCUT2D eigenvalue weighted by Gasteiger charge is 2.23. The van der Waals surface area contributed by atoms with Gasteiger partial charge >= 0.3 is 0 Å². The fourth-order valence-electron chi connectivity index (χ4n) is 3.23. The molecule has 0 fully saturated rings. The Morgan fingerprint density at radius 2 is 1.85 bits per heavy atom. The summed E-state index contributed by atoms with van der Waals surface area (Å²) in [4.78, 5) is 33.2. The van der Waals surface area contributed by atoms with Gasteiger partial charge in [-0.2, -0.15) is 0 Å². The van der Waals surface area contributed by atoms with Crippen molar-refractivity contribution in [3.63, 3.8) is 0 Å². The van der Waals surface area contributed by atoms with E-state index in [1.807, 2.05) is 48.7 Å². The summed E-state index contributed by atoms with van der Waals surface area (Å²) in [5.41, 5.74) is 1.52. The van der Waals surface area contributed by atoms with Crippen LogP contribution in [0.1, 0.15) is 24.4 Å². The monoisotopic (exact) mass is 381 g/mol. The van der Waals surface area contributed by atoms with Crippen LogP contribution in [0.3, 0.4) is 0 Å². The Hall–Kier alpha value is -2.60. The first-order chi connectivity index (χ1) is 12.9. The van der Waals surface area contributed by atoms with Crippen LogP contribution >= 0.6 is 11.8 Å². The first-order valence-corrected chi connectivity index (χ1v) is 10.0. The number of hydrogen-bond donors (Lipinski definition) is 0. The molecule has 3 aromatic rings. The number of aryl methyl sites for hydroxylation is 1. The molecule has 0 unspecified atom stereocenters. The zero-order valence-corrected chi connectivity index (χ0v) is 16.8. The van der Waals surface area contributed by atoms with E-state index in [-0.39, 0.29) is 11.5 Å². The summed E-state index contributed by atoms with van der Waals surface area (Å²) in [6.45, 7) is 4.01. The van der Waals surface area contributed by atoms with Crippen molar-refractivity contribution in [3.8, 4) is 0 Å². The average molecular weight is 382 g/mol. The van der Waals surface area contributed by atoms with E-state index >= 15 is 0 Å². The third-order valence-electron chi connectivity index (χ3n) is 4.68. The minimum atomic E-state index is -0.620. The van der Waals surface area contributed by atoms with Gasteiger partial charge in [-0.25, -0.2) is 4.98 Å². The molecular formula is C21H23N3O2S. The Morgan fingerprint density at radius 3 is 2.52 bits per heavy atom. The van der Waals surface area contributed by atoms with Gasteiger partial charge in [0.1, 0.15) is 11.9 Å². The van der Waals surface area contributed by atoms with Crippen molar-refractivity contribution in [2.24, 2.45) is 0 Å². The number of benzene rings is 2. The van der Waals surface area contributed by atoms with E-state index in [2.05, 4.69) is 4.98 Å². The number of carbonyl (C=O) groups is 1. The molecule has 1 atom stereocenters. The highest BCUT2D eigenvalue weighted by Crippen LogP contribution is 2.17. The molecule has 0 aliphatic carbocycles. The molecule has 0 radical (unpaired) electrons. The summed E-state index contributed by atoms with van der Waals surface area (Å²) in [5, 5.41) is 0.526. The maximum atomic E-state index is 12.9. The SMILES string of the molecule is CSc1ccc(CN(C)C(=O)[C@H](C)n2c(C)nc3ccccc3c2=O)cc1. The minimum Gasteiger partial charge on any atom is -0.340 e. The van der Waals surface area contributed by atoms with Crippen molar-refractivity contribution in [1.29, 1.82) is 0 Å². The van der Waals surface area contributed by atoms with E-state index in [4.69, 9.17) is 0 Å². The quantitative estimate of drug-likeness (QED) is 0.633. The molecule has 0 spiro atoms. The van der Waals surface area contributed by atoms with Gasteiger partial charge in [-0.05, 0) is 49.9 Å². The lowest BCUT2D eigenvalue weighted by atomic mass is 10.2. The van der Waals surface area contributed by atoms with Crippen molar-refractivity contribution < 1.29 is 4.79 Å². The van der Waals surface area contributed by atoms with Gasteiger partial charge in [0.2, 0.25) is 5.91 Å². The number of aromatic nitrogens is 2. The Bertz CT molecular complexity index is 1030. The molecule has 1 heterocycles. The Balaban J connectivity index is 1.86. The van der Waals surface area contributed by atoms with E-state index in [0.717, 1.165) is 5.56 Å². The molecule has 0 bridgehead atoms. The molecule has 0 aliphatic rings. The summed E-state index contributed by atoms with van der Waals surface area (Å²) in [7, 11) is 1.76. The molecule has 0 saturated carbocycles.